The first-order chi connectivity index (χ1) is 14.1. The fourth-order valence-electron chi connectivity index (χ4n) is 4.65. The molecule has 2 aliphatic heterocycles. The third-order valence-corrected chi connectivity index (χ3v) is 6.79. The second-order valence-corrected chi connectivity index (χ2v) is 9.03. The summed E-state index contributed by atoms with van der Waals surface area (Å²) < 4.78 is 1.01. The number of carbonyl (C=O) groups is 1. The molecule has 4 heteroatoms. The van der Waals surface area contributed by atoms with E-state index in [9.17, 15) is 4.79 Å². The Morgan fingerprint density at radius 1 is 0.897 bits per heavy atom. The van der Waals surface area contributed by atoms with Crippen molar-refractivity contribution in [2.24, 2.45) is 4.99 Å². The average molecular weight is 465 g/mol. The van der Waals surface area contributed by atoms with Crippen LogP contribution in [0.2, 0.25) is 5.02 Å². The van der Waals surface area contributed by atoms with Crippen LogP contribution in [0.1, 0.15) is 53.0 Å². The van der Waals surface area contributed by atoms with E-state index in [0.29, 0.717) is 11.4 Å². The molecule has 0 amide bonds. The third kappa shape index (κ3) is 3.37. The summed E-state index contributed by atoms with van der Waals surface area (Å²) in [6.07, 6.45) is 1.33. The fourth-order valence-corrected chi connectivity index (χ4v) is 5.04. The topological polar surface area (TPSA) is 29.4 Å². The van der Waals surface area contributed by atoms with Crippen molar-refractivity contribution in [3.63, 3.8) is 0 Å². The second-order valence-electron chi connectivity index (χ2n) is 7.68. The highest BCUT2D eigenvalue weighted by Crippen LogP contribution is 2.48. The molecule has 2 bridgehead atoms. The summed E-state index contributed by atoms with van der Waals surface area (Å²) in [7, 11) is 0. The van der Waals surface area contributed by atoms with E-state index in [2.05, 4.69) is 40.2 Å². The zero-order valence-corrected chi connectivity index (χ0v) is 18.0. The van der Waals surface area contributed by atoms with Gasteiger partial charge in [0.2, 0.25) is 0 Å². The number of fused-ring (bicyclic) bond motifs is 3. The van der Waals surface area contributed by atoms with Gasteiger partial charge < -0.3 is 0 Å². The van der Waals surface area contributed by atoms with Crippen LogP contribution in [0.15, 0.2) is 82.3 Å². The molecule has 3 aromatic carbocycles. The summed E-state index contributed by atoms with van der Waals surface area (Å²) in [6.45, 7) is 0. The van der Waals surface area contributed by atoms with E-state index in [1.165, 1.54) is 11.1 Å². The number of rotatable bonds is 2. The Labute approximate surface area is 183 Å². The molecule has 3 atom stereocenters. The Bertz CT molecular complexity index is 1100. The predicted octanol–water partition coefficient (Wildman–Crippen LogP) is 6.88. The smallest absolute Gasteiger partial charge is 0.142 e. The molecule has 3 aliphatic rings. The van der Waals surface area contributed by atoms with Gasteiger partial charge in [-0.2, -0.15) is 0 Å². The van der Waals surface area contributed by atoms with E-state index in [1.54, 1.807) is 0 Å². The molecule has 1 aliphatic carbocycles. The molecule has 3 aromatic rings. The Kier molecular flexibility index (Phi) is 4.89. The lowest BCUT2D eigenvalue weighted by Gasteiger charge is -2.37. The van der Waals surface area contributed by atoms with Gasteiger partial charge >= 0.3 is 0 Å². The van der Waals surface area contributed by atoms with Crippen molar-refractivity contribution < 1.29 is 4.79 Å². The summed E-state index contributed by atoms with van der Waals surface area (Å²) >= 11 is 9.62. The number of hydrogen-bond acceptors (Lipinski definition) is 2. The molecule has 0 fully saturated rings. The molecule has 6 rings (SSSR count). The van der Waals surface area contributed by atoms with Crippen LogP contribution in [-0.2, 0) is 4.79 Å². The van der Waals surface area contributed by atoms with Crippen LogP contribution in [0.25, 0.3) is 0 Å². The van der Waals surface area contributed by atoms with Gasteiger partial charge in [-0.25, -0.2) is 0 Å². The molecular formula is C25H19BrClNO. The van der Waals surface area contributed by atoms with Gasteiger partial charge in [-0.15, -0.1) is 0 Å². The summed E-state index contributed by atoms with van der Waals surface area (Å²) in [4.78, 5) is 18.5. The number of aliphatic imine (C=N–C) groups is 1. The van der Waals surface area contributed by atoms with Gasteiger partial charge in [0.05, 0.1) is 17.7 Å². The molecule has 0 radical (unpaired) electrons. The Morgan fingerprint density at radius 3 is 2.31 bits per heavy atom. The highest BCUT2D eigenvalue weighted by molar-refractivity contribution is 9.10. The number of benzene rings is 3. The van der Waals surface area contributed by atoms with Crippen molar-refractivity contribution in [2.45, 2.75) is 30.7 Å². The molecule has 2 heterocycles. The lowest BCUT2D eigenvalue weighted by molar-refractivity contribution is -0.121. The van der Waals surface area contributed by atoms with E-state index < -0.39 is 0 Å². The molecule has 29 heavy (non-hydrogen) atoms. The Hall–Kier alpha value is -2.23. The van der Waals surface area contributed by atoms with Crippen LogP contribution in [0.3, 0.4) is 0 Å². The van der Waals surface area contributed by atoms with Crippen molar-refractivity contribution in [3.05, 3.63) is 105 Å². The van der Waals surface area contributed by atoms with Gasteiger partial charge in [0.15, 0.2) is 0 Å². The largest absolute Gasteiger partial charge is 0.299 e. The Balaban J connectivity index is 1.71. The van der Waals surface area contributed by atoms with Crippen molar-refractivity contribution >= 4 is 39.0 Å². The van der Waals surface area contributed by atoms with E-state index in [0.717, 1.165) is 27.7 Å². The van der Waals surface area contributed by atoms with E-state index in [4.69, 9.17) is 16.6 Å². The van der Waals surface area contributed by atoms with Crippen LogP contribution < -0.4 is 0 Å². The van der Waals surface area contributed by atoms with E-state index in [1.807, 2.05) is 48.5 Å². The number of Topliss-reactive ketones (excluding diaryl/α,β-unsaturated/α-hetero) is 1. The van der Waals surface area contributed by atoms with E-state index >= 15 is 0 Å². The standard InChI is InChI=1S/C25H19BrClNO/c26-17-9-5-15(6-10-17)23-22(29)14-13-21-19-3-1-2-4-20(19)25(23)28-24(21)16-7-11-18(27)12-8-16/h1-12,21,23,25H,13-14H2/t21-,23?,25-/m0/s1. The monoisotopic (exact) mass is 463 g/mol. The van der Waals surface area contributed by atoms with Crippen molar-refractivity contribution in [3.8, 4) is 0 Å². The Morgan fingerprint density at radius 2 is 1.59 bits per heavy atom. The molecule has 2 nitrogen and oxygen atoms in total. The maximum Gasteiger partial charge on any atom is 0.142 e. The lowest BCUT2D eigenvalue weighted by Crippen LogP contribution is -2.32. The van der Waals surface area contributed by atoms with Gasteiger partial charge in [-0.1, -0.05) is 76.1 Å². The van der Waals surface area contributed by atoms with Crippen LogP contribution in [0.5, 0.6) is 0 Å². The maximum absolute atomic E-state index is 13.2. The van der Waals surface area contributed by atoms with Gasteiger partial charge in [0.1, 0.15) is 5.78 Å². The minimum atomic E-state index is -0.271. The molecule has 0 saturated heterocycles. The number of carbonyl (C=O) groups excluding carboxylic acids is 1. The fraction of sp³-hybridized carbons (Fsp3) is 0.200. The van der Waals surface area contributed by atoms with Crippen LogP contribution in [0.4, 0.5) is 0 Å². The van der Waals surface area contributed by atoms with Crippen LogP contribution >= 0.6 is 27.5 Å². The zero-order valence-electron chi connectivity index (χ0n) is 15.7. The average Bonchev–Trinajstić information content (AvgIpc) is 2.73. The highest BCUT2D eigenvalue weighted by atomic mass is 79.9. The summed E-state index contributed by atoms with van der Waals surface area (Å²) in [5, 5.41) is 0.716. The molecule has 0 N–H and O–H groups in total. The highest BCUT2D eigenvalue weighted by Gasteiger charge is 2.40. The normalized spacial score (nSPS) is 23.2. The summed E-state index contributed by atoms with van der Waals surface area (Å²) in [6, 6.07) is 24.3. The van der Waals surface area contributed by atoms with E-state index in [-0.39, 0.29) is 23.7 Å². The first-order valence-corrected chi connectivity index (χ1v) is 11.0. The number of hydrogen-bond donors (Lipinski definition) is 0. The van der Waals surface area contributed by atoms with Crippen molar-refractivity contribution in [2.75, 3.05) is 0 Å². The lowest BCUT2D eigenvalue weighted by atomic mass is 9.71. The summed E-state index contributed by atoms with van der Waals surface area (Å²) in [5.41, 5.74) is 5.66. The first kappa shape index (κ1) is 18.8. The number of halogens is 2. The predicted molar refractivity (Wildman–Crippen MR) is 121 cm³/mol. The molecule has 144 valence electrons. The first-order valence-electron chi connectivity index (χ1n) is 9.82. The van der Waals surface area contributed by atoms with Crippen LogP contribution in [0, 0.1) is 0 Å². The second kappa shape index (κ2) is 7.55. The van der Waals surface area contributed by atoms with Gasteiger partial charge in [0, 0.05) is 21.8 Å². The van der Waals surface area contributed by atoms with Gasteiger partial charge in [-0.3, -0.25) is 9.79 Å². The minimum absolute atomic E-state index is 0.137. The third-order valence-electron chi connectivity index (χ3n) is 6.01. The SMILES string of the molecule is O=C1CC[C@@H]2C(c3ccc(Cl)cc3)=N[C@@H](c3ccccc32)C1c1ccc(Br)cc1. The maximum atomic E-state index is 13.2. The molecule has 0 spiro atoms. The number of ketones is 1. The summed E-state index contributed by atoms with van der Waals surface area (Å²) in [5.74, 6) is 0.141. The van der Waals surface area contributed by atoms with Gasteiger partial charge in [0.25, 0.3) is 0 Å². The molecule has 0 saturated carbocycles. The number of nitrogens with zero attached hydrogens (tertiary/aromatic N) is 1. The van der Waals surface area contributed by atoms with Crippen LogP contribution in [-0.4, -0.2) is 11.5 Å². The molecule has 1 unspecified atom stereocenters. The van der Waals surface area contributed by atoms with Crippen molar-refractivity contribution in [1.29, 1.82) is 0 Å². The molecular weight excluding hydrogens is 446 g/mol. The molecule has 0 aromatic heterocycles. The van der Waals surface area contributed by atoms with Crippen molar-refractivity contribution in [1.82, 2.24) is 0 Å². The quantitative estimate of drug-likeness (QED) is 0.406. The van der Waals surface area contributed by atoms with Gasteiger partial charge in [-0.05, 0) is 52.9 Å². The minimum Gasteiger partial charge on any atom is -0.299 e. The zero-order chi connectivity index (χ0) is 20.0.